The molecule has 1 saturated carbocycles. The summed E-state index contributed by atoms with van der Waals surface area (Å²) in [6.07, 6.45) is 2.71. The fourth-order valence-corrected chi connectivity index (χ4v) is 3.91. The molecule has 2 aromatic heterocycles. The second-order valence-electron chi connectivity index (χ2n) is 8.26. The van der Waals surface area contributed by atoms with Crippen LogP contribution in [0.4, 0.5) is 19.0 Å². The van der Waals surface area contributed by atoms with E-state index in [0.717, 1.165) is 21.9 Å². The van der Waals surface area contributed by atoms with Crippen molar-refractivity contribution in [3.63, 3.8) is 0 Å². The molecule has 0 radical (unpaired) electrons. The molecule has 3 aromatic rings. The van der Waals surface area contributed by atoms with E-state index in [1.807, 2.05) is 24.3 Å². The molecule has 0 aliphatic heterocycles. The third-order valence-corrected chi connectivity index (χ3v) is 5.74. The highest BCUT2D eigenvalue weighted by Crippen LogP contribution is 2.30. The molecule has 2 heterocycles. The van der Waals surface area contributed by atoms with E-state index in [1.54, 1.807) is 25.5 Å². The van der Waals surface area contributed by atoms with Crippen LogP contribution in [0.1, 0.15) is 38.0 Å². The van der Waals surface area contributed by atoms with Crippen LogP contribution in [-0.4, -0.2) is 28.6 Å². The van der Waals surface area contributed by atoms with Crippen LogP contribution in [0.3, 0.4) is 0 Å². The highest BCUT2D eigenvalue weighted by Gasteiger charge is 2.26. The quantitative estimate of drug-likeness (QED) is 0.460. The molecule has 1 aliphatic rings. The third kappa shape index (κ3) is 6.12. The number of rotatable bonds is 6. The van der Waals surface area contributed by atoms with Crippen molar-refractivity contribution in [1.82, 2.24) is 15.3 Å². The van der Waals surface area contributed by atoms with E-state index < -0.39 is 12.6 Å². The van der Waals surface area contributed by atoms with Crippen molar-refractivity contribution in [3.8, 4) is 11.3 Å². The predicted molar refractivity (Wildman–Crippen MR) is 119 cm³/mol. The van der Waals surface area contributed by atoms with Gasteiger partial charge in [-0.05, 0) is 49.4 Å². The van der Waals surface area contributed by atoms with Gasteiger partial charge >= 0.3 is 6.18 Å². The number of carbonyl (C=O) groups excluding carboxylic acids is 1. The first-order valence-corrected chi connectivity index (χ1v) is 10.9. The minimum absolute atomic E-state index is 0.0899. The summed E-state index contributed by atoms with van der Waals surface area (Å²) < 4.78 is 42.2. The van der Waals surface area contributed by atoms with Gasteiger partial charge in [-0.3, -0.25) is 4.79 Å². The molecule has 0 bridgehead atoms. The second-order valence-corrected chi connectivity index (χ2v) is 8.26. The smallest absolute Gasteiger partial charge is 0.390 e. The minimum atomic E-state index is -4.16. The highest BCUT2D eigenvalue weighted by molar-refractivity contribution is 5.95. The maximum atomic E-state index is 12.7. The number of oxazole rings is 1. The summed E-state index contributed by atoms with van der Waals surface area (Å²) in [6.45, 7) is 1.65. The molecule has 2 N–H and O–H groups in total. The van der Waals surface area contributed by atoms with Crippen molar-refractivity contribution in [1.29, 1.82) is 0 Å². The number of nitrogens with zero attached hydrogens (tertiary/aromatic N) is 2. The van der Waals surface area contributed by atoms with Gasteiger partial charge in [-0.15, -0.1) is 0 Å². The molecule has 0 spiro atoms. The Hall–Kier alpha value is -3.36. The van der Waals surface area contributed by atoms with E-state index >= 15 is 0 Å². The van der Waals surface area contributed by atoms with Gasteiger partial charge in [-0.1, -0.05) is 17.7 Å². The van der Waals surface area contributed by atoms with E-state index in [2.05, 4.69) is 20.6 Å². The molecule has 4 rings (SSSR count). The van der Waals surface area contributed by atoms with Crippen molar-refractivity contribution in [3.05, 3.63) is 54.3 Å². The zero-order chi connectivity index (χ0) is 23.4. The van der Waals surface area contributed by atoms with Crippen LogP contribution in [0.15, 0.2) is 52.8 Å². The van der Waals surface area contributed by atoms with Gasteiger partial charge < -0.3 is 15.1 Å². The van der Waals surface area contributed by atoms with E-state index in [-0.39, 0.29) is 18.4 Å². The Balaban J connectivity index is 1.34. The molecule has 0 unspecified atom stereocenters. The van der Waals surface area contributed by atoms with Gasteiger partial charge in [0.15, 0.2) is 11.7 Å². The monoisotopic (exact) mass is 458 g/mol. The number of aromatic nitrogens is 2. The average Bonchev–Trinajstić information content (AvgIpc) is 3.22. The first-order chi connectivity index (χ1) is 15.8. The zero-order valence-corrected chi connectivity index (χ0v) is 18.2. The molecule has 1 amide bonds. The lowest BCUT2D eigenvalue weighted by atomic mass is 9.85. The molecule has 1 aliphatic carbocycles. The number of alkyl halides is 3. The lowest BCUT2D eigenvalue weighted by Crippen LogP contribution is -2.26. The predicted octanol–water partition coefficient (Wildman–Crippen LogP) is 5.75. The number of benzene rings is 1. The molecule has 1 aromatic carbocycles. The fourth-order valence-electron chi connectivity index (χ4n) is 3.91. The Morgan fingerprint density at radius 1 is 1.15 bits per heavy atom. The number of aryl methyl sites for hydroxylation is 1. The van der Waals surface area contributed by atoms with E-state index in [9.17, 15) is 18.0 Å². The van der Waals surface area contributed by atoms with Gasteiger partial charge in [-0.2, -0.15) is 13.2 Å². The highest BCUT2D eigenvalue weighted by atomic mass is 19.4. The van der Waals surface area contributed by atoms with Crippen LogP contribution in [-0.2, 0) is 4.79 Å². The van der Waals surface area contributed by atoms with Crippen LogP contribution in [0, 0.1) is 12.8 Å². The maximum Gasteiger partial charge on any atom is 0.390 e. The normalized spacial score (nSPS) is 16.6. The molecule has 6 nitrogen and oxygen atoms in total. The van der Waals surface area contributed by atoms with Crippen LogP contribution < -0.4 is 10.6 Å². The SMILES string of the molecule is Cc1ncc(-c2ccc3cnc(NC(=O)C4CCC(=CNCCC(F)(F)F)CC4)cc3c2)o1. The zero-order valence-electron chi connectivity index (χ0n) is 18.2. The summed E-state index contributed by atoms with van der Waals surface area (Å²) in [7, 11) is 0. The number of hydrogen-bond donors (Lipinski definition) is 2. The van der Waals surface area contributed by atoms with Gasteiger partial charge in [0, 0.05) is 36.5 Å². The summed E-state index contributed by atoms with van der Waals surface area (Å²) in [4.78, 5) is 21.2. The summed E-state index contributed by atoms with van der Waals surface area (Å²) >= 11 is 0. The Bertz CT molecular complexity index is 1160. The average molecular weight is 458 g/mol. The van der Waals surface area contributed by atoms with Gasteiger partial charge in [0.05, 0.1) is 12.6 Å². The molecule has 0 atom stereocenters. The molecule has 33 heavy (non-hydrogen) atoms. The summed E-state index contributed by atoms with van der Waals surface area (Å²) in [5.41, 5.74) is 1.93. The molecule has 174 valence electrons. The van der Waals surface area contributed by atoms with Crippen molar-refractivity contribution < 1.29 is 22.4 Å². The van der Waals surface area contributed by atoms with Gasteiger partial charge in [-0.25, -0.2) is 9.97 Å². The van der Waals surface area contributed by atoms with Gasteiger partial charge in [0.25, 0.3) is 0 Å². The number of allylic oxidation sites excluding steroid dienone is 1. The third-order valence-electron chi connectivity index (χ3n) is 5.74. The molecule has 9 heteroatoms. The lowest BCUT2D eigenvalue weighted by Gasteiger charge is -2.23. The van der Waals surface area contributed by atoms with E-state index in [4.69, 9.17) is 4.42 Å². The van der Waals surface area contributed by atoms with Gasteiger partial charge in [0.2, 0.25) is 5.91 Å². The molecule has 1 fully saturated rings. The number of carbonyl (C=O) groups is 1. The number of hydrogen-bond acceptors (Lipinski definition) is 5. The minimum Gasteiger partial charge on any atom is -0.441 e. The summed E-state index contributed by atoms with van der Waals surface area (Å²) in [5, 5.41) is 7.50. The second kappa shape index (κ2) is 9.64. The number of fused-ring (bicyclic) bond motifs is 1. The summed E-state index contributed by atoms with van der Waals surface area (Å²) in [6, 6.07) is 7.68. The van der Waals surface area contributed by atoms with Crippen LogP contribution in [0.5, 0.6) is 0 Å². The number of halogens is 3. The lowest BCUT2D eigenvalue weighted by molar-refractivity contribution is -0.133. The maximum absolute atomic E-state index is 12.7. The van der Waals surface area contributed by atoms with Gasteiger partial charge in [0.1, 0.15) is 5.82 Å². The van der Waals surface area contributed by atoms with Crippen molar-refractivity contribution in [2.75, 3.05) is 11.9 Å². The number of pyridine rings is 1. The van der Waals surface area contributed by atoms with E-state index in [0.29, 0.717) is 43.2 Å². The van der Waals surface area contributed by atoms with Crippen LogP contribution in [0.25, 0.3) is 22.1 Å². The Labute approximate surface area is 189 Å². The topological polar surface area (TPSA) is 80.0 Å². The standard InChI is InChI=1S/C24H25F3N4O2/c1-15-29-14-21(33-15)18-6-7-19-13-30-22(11-20(19)10-18)31-23(32)17-4-2-16(3-5-17)12-28-9-8-24(25,26)27/h6-7,10-14,17,28H,2-5,8-9H2,1H3,(H,30,31,32). The molecular formula is C24H25F3N4O2. The Morgan fingerprint density at radius 2 is 1.94 bits per heavy atom. The fraction of sp³-hybridized carbons (Fsp3) is 0.375. The first-order valence-electron chi connectivity index (χ1n) is 10.9. The largest absolute Gasteiger partial charge is 0.441 e. The molecular weight excluding hydrogens is 433 g/mol. The van der Waals surface area contributed by atoms with Crippen molar-refractivity contribution in [2.24, 2.45) is 5.92 Å². The van der Waals surface area contributed by atoms with Crippen molar-refractivity contribution >= 4 is 22.5 Å². The summed E-state index contributed by atoms with van der Waals surface area (Å²) in [5.74, 6) is 1.51. The Morgan fingerprint density at radius 3 is 2.64 bits per heavy atom. The molecule has 0 saturated heterocycles. The number of anilines is 1. The number of nitrogens with one attached hydrogen (secondary N) is 2. The number of amides is 1. The Kier molecular flexibility index (Phi) is 6.67. The van der Waals surface area contributed by atoms with Crippen LogP contribution >= 0.6 is 0 Å². The first kappa shape index (κ1) is 22.8. The van der Waals surface area contributed by atoms with Crippen molar-refractivity contribution in [2.45, 2.75) is 45.2 Å². The van der Waals surface area contributed by atoms with Crippen LogP contribution in [0.2, 0.25) is 0 Å². The van der Waals surface area contributed by atoms with E-state index in [1.165, 1.54) is 0 Å².